The van der Waals surface area contributed by atoms with Gasteiger partial charge in [0.1, 0.15) is 12.4 Å². The smallest absolute Gasteiger partial charge is 0.122 e. The van der Waals surface area contributed by atoms with E-state index in [1.165, 1.54) is 5.56 Å². The fraction of sp³-hybridized carbons (Fsp3) is 0.625. The summed E-state index contributed by atoms with van der Waals surface area (Å²) < 4.78 is 6.00. The van der Waals surface area contributed by atoms with Gasteiger partial charge in [-0.1, -0.05) is 32.0 Å². The number of benzene rings is 1. The first kappa shape index (κ1) is 14.4. The number of rotatable bonds is 6. The van der Waals surface area contributed by atoms with E-state index in [-0.39, 0.29) is 0 Å². The van der Waals surface area contributed by atoms with Crippen LogP contribution in [0, 0.1) is 0 Å². The van der Waals surface area contributed by atoms with Gasteiger partial charge in [-0.05, 0) is 24.0 Å². The first-order valence-corrected chi connectivity index (χ1v) is 7.46. The van der Waals surface area contributed by atoms with Gasteiger partial charge in [-0.25, -0.2) is 0 Å². The van der Waals surface area contributed by atoms with Crippen LogP contribution in [0.1, 0.15) is 31.7 Å². The predicted octanol–water partition coefficient (Wildman–Crippen LogP) is 2.48. The van der Waals surface area contributed by atoms with Gasteiger partial charge in [0, 0.05) is 32.7 Å². The lowest BCUT2D eigenvalue weighted by atomic mass is 9.98. The standard InChI is InChI=1S/C16H26N2O/c1-3-14(2)15-6-4-5-7-16(15)19-13-12-18-10-8-17-9-11-18/h4-7,14,17H,3,8-13H2,1-2H3/t14-/m1/s1. The van der Waals surface area contributed by atoms with Crippen molar-refractivity contribution in [1.29, 1.82) is 0 Å². The van der Waals surface area contributed by atoms with E-state index < -0.39 is 0 Å². The summed E-state index contributed by atoms with van der Waals surface area (Å²) in [6.45, 7) is 10.8. The van der Waals surface area contributed by atoms with Crippen LogP contribution in [-0.2, 0) is 0 Å². The third kappa shape index (κ3) is 4.22. The molecule has 0 unspecified atom stereocenters. The fourth-order valence-electron chi connectivity index (χ4n) is 2.46. The number of piperazine rings is 1. The van der Waals surface area contributed by atoms with Gasteiger partial charge in [0.15, 0.2) is 0 Å². The molecule has 0 radical (unpaired) electrons. The Morgan fingerprint density at radius 1 is 1.26 bits per heavy atom. The third-order valence-electron chi connectivity index (χ3n) is 3.94. The summed E-state index contributed by atoms with van der Waals surface area (Å²) in [5.74, 6) is 1.63. The van der Waals surface area contributed by atoms with Crippen molar-refractivity contribution in [3.63, 3.8) is 0 Å². The Morgan fingerprint density at radius 3 is 2.74 bits per heavy atom. The molecule has 0 aromatic heterocycles. The summed E-state index contributed by atoms with van der Waals surface area (Å²) in [7, 11) is 0. The van der Waals surface area contributed by atoms with Crippen LogP contribution in [0.2, 0.25) is 0 Å². The highest BCUT2D eigenvalue weighted by molar-refractivity contribution is 5.35. The van der Waals surface area contributed by atoms with E-state index in [1.54, 1.807) is 0 Å². The van der Waals surface area contributed by atoms with Gasteiger partial charge in [0.05, 0.1) is 0 Å². The highest BCUT2D eigenvalue weighted by Gasteiger charge is 2.11. The summed E-state index contributed by atoms with van der Waals surface area (Å²) in [5, 5.41) is 3.37. The second-order valence-electron chi connectivity index (χ2n) is 5.29. The molecule has 19 heavy (non-hydrogen) atoms. The van der Waals surface area contributed by atoms with E-state index in [1.807, 2.05) is 0 Å². The van der Waals surface area contributed by atoms with E-state index in [0.717, 1.165) is 51.5 Å². The van der Waals surface area contributed by atoms with Crippen molar-refractivity contribution in [3.05, 3.63) is 29.8 Å². The van der Waals surface area contributed by atoms with Gasteiger partial charge in [-0.15, -0.1) is 0 Å². The first-order valence-electron chi connectivity index (χ1n) is 7.46. The zero-order chi connectivity index (χ0) is 13.5. The molecule has 0 saturated carbocycles. The summed E-state index contributed by atoms with van der Waals surface area (Å²) in [6, 6.07) is 8.45. The van der Waals surface area contributed by atoms with Gasteiger partial charge in [0.25, 0.3) is 0 Å². The van der Waals surface area contributed by atoms with Crippen molar-refractivity contribution in [2.24, 2.45) is 0 Å². The molecule has 1 N–H and O–H groups in total. The number of hydrogen-bond acceptors (Lipinski definition) is 3. The zero-order valence-corrected chi connectivity index (χ0v) is 12.2. The maximum absolute atomic E-state index is 6.00. The molecule has 1 heterocycles. The van der Waals surface area contributed by atoms with Gasteiger partial charge < -0.3 is 10.1 Å². The predicted molar refractivity (Wildman–Crippen MR) is 80.0 cm³/mol. The van der Waals surface area contributed by atoms with Crippen molar-refractivity contribution < 1.29 is 4.74 Å². The average molecular weight is 262 g/mol. The highest BCUT2D eigenvalue weighted by Crippen LogP contribution is 2.28. The molecule has 1 saturated heterocycles. The second-order valence-corrected chi connectivity index (χ2v) is 5.29. The largest absolute Gasteiger partial charge is 0.492 e. The Labute approximate surface area is 116 Å². The first-order chi connectivity index (χ1) is 9.31. The zero-order valence-electron chi connectivity index (χ0n) is 12.2. The number of ether oxygens (including phenoxy) is 1. The van der Waals surface area contributed by atoms with Crippen LogP contribution in [0.3, 0.4) is 0 Å². The van der Waals surface area contributed by atoms with Crippen LogP contribution in [0.25, 0.3) is 0 Å². The minimum absolute atomic E-state index is 0.565. The van der Waals surface area contributed by atoms with Crippen molar-refractivity contribution in [2.75, 3.05) is 39.3 Å². The fourth-order valence-corrected chi connectivity index (χ4v) is 2.46. The molecule has 3 heteroatoms. The van der Waals surface area contributed by atoms with Crippen LogP contribution >= 0.6 is 0 Å². The van der Waals surface area contributed by atoms with E-state index in [0.29, 0.717) is 5.92 Å². The van der Waals surface area contributed by atoms with Crippen LogP contribution < -0.4 is 10.1 Å². The quantitative estimate of drug-likeness (QED) is 0.852. The third-order valence-corrected chi connectivity index (χ3v) is 3.94. The second kappa shape index (κ2) is 7.51. The Balaban J connectivity index is 1.84. The maximum atomic E-state index is 6.00. The monoisotopic (exact) mass is 262 g/mol. The molecule has 0 amide bonds. The summed E-state index contributed by atoms with van der Waals surface area (Å²) in [6.07, 6.45) is 1.15. The minimum atomic E-state index is 0.565. The number of para-hydroxylation sites is 1. The maximum Gasteiger partial charge on any atom is 0.122 e. The number of nitrogens with zero attached hydrogens (tertiary/aromatic N) is 1. The van der Waals surface area contributed by atoms with E-state index in [4.69, 9.17) is 4.74 Å². The molecule has 1 aromatic carbocycles. The number of hydrogen-bond donors (Lipinski definition) is 1. The van der Waals surface area contributed by atoms with E-state index in [2.05, 4.69) is 48.3 Å². The Bertz CT molecular complexity index is 375. The molecule has 106 valence electrons. The van der Waals surface area contributed by atoms with Crippen LogP contribution in [0.5, 0.6) is 5.75 Å². The van der Waals surface area contributed by atoms with Crippen LogP contribution in [0.15, 0.2) is 24.3 Å². The van der Waals surface area contributed by atoms with Crippen molar-refractivity contribution >= 4 is 0 Å². The molecule has 3 nitrogen and oxygen atoms in total. The van der Waals surface area contributed by atoms with Crippen molar-refractivity contribution in [3.8, 4) is 5.75 Å². The molecule has 1 aliphatic rings. The molecule has 1 atom stereocenters. The van der Waals surface area contributed by atoms with Crippen molar-refractivity contribution in [1.82, 2.24) is 10.2 Å². The molecule has 2 rings (SSSR count). The van der Waals surface area contributed by atoms with E-state index in [9.17, 15) is 0 Å². The lowest BCUT2D eigenvalue weighted by Crippen LogP contribution is -2.44. The molecule has 0 spiro atoms. The Morgan fingerprint density at radius 2 is 2.00 bits per heavy atom. The van der Waals surface area contributed by atoms with Gasteiger partial charge in [-0.3, -0.25) is 4.90 Å². The molecule has 1 aromatic rings. The molecular weight excluding hydrogens is 236 g/mol. The summed E-state index contributed by atoms with van der Waals surface area (Å²) in [5.41, 5.74) is 1.34. The van der Waals surface area contributed by atoms with Crippen molar-refractivity contribution in [2.45, 2.75) is 26.2 Å². The lowest BCUT2D eigenvalue weighted by Gasteiger charge is -2.27. The molecule has 0 aliphatic carbocycles. The van der Waals surface area contributed by atoms with Gasteiger partial charge in [-0.2, -0.15) is 0 Å². The van der Waals surface area contributed by atoms with Crippen LogP contribution in [-0.4, -0.2) is 44.2 Å². The highest BCUT2D eigenvalue weighted by atomic mass is 16.5. The Kier molecular flexibility index (Phi) is 5.67. The summed E-state index contributed by atoms with van der Waals surface area (Å²) in [4.78, 5) is 2.46. The van der Waals surface area contributed by atoms with Crippen LogP contribution in [0.4, 0.5) is 0 Å². The normalized spacial score (nSPS) is 18.2. The average Bonchev–Trinajstić information content (AvgIpc) is 2.48. The minimum Gasteiger partial charge on any atom is -0.492 e. The lowest BCUT2D eigenvalue weighted by molar-refractivity contribution is 0.190. The number of nitrogens with one attached hydrogen (secondary N) is 1. The van der Waals surface area contributed by atoms with Gasteiger partial charge in [0.2, 0.25) is 0 Å². The summed E-state index contributed by atoms with van der Waals surface area (Å²) >= 11 is 0. The molecular formula is C16H26N2O. The topological polar surface area (TPSA) is 24.5 Å². The molecule has 1 aliphatic heterocycles. The molecule has 0 bridgehead atoms. The Hall–Kier alpha value is -1.06. The SMILES string of the molecule is CC[C@@H](C)c1ccccc1OCCN1CCNCC1. The van der Waals surface area contributed by atoms with E-state index >= 15 is 0 Å². The molecule has 1 fully saturated rings. The van der Waals surface area contributed by atoms with Gasteiger partial charge >= 0.3 is 0 Å².